The fourth-order valence-electron chi connectivity index (χ4n) is 1.55. The van der Waals surface area contributed by atoms with E-state index in [1.807, 2.05) is 0 Å². The lowest BCUT2D eigenvalue weighted by molar-refractivity contribution is -0.113. The lowest BCUT2D eigenvalue weighted by Crippen LogP contribution is -2.15. The summed E-state index contributed by atoms with van der Waals surface area (Å²) in [6, 6.07) is 8.56. The van der Waals surface area contributed by atoms with E-state index in [4.69, 9.17) is 5.73 Å². The first-order valence-corrected chi connectivity index (χ1v) is 7.66. The maximum absolute atomic E-state index is 13.6. The zero-order valence-electron chi connectivity index (χ0n) is 10.7. The molecule has 0 radical (unpaired) electrons. The molecule has 0 aromatic heterocycles. The zero-order chi connectivity index (χ0) is 15.4. The molecule has 0 aliphatic carbocycles. The van der Waals surface area contributed by atoms with Crippen LogP contribution < -0.4 is 11.1 Å². The number of carbonyl (C=O) groups excluding carboxylic acids is 1. The van der Waals surface area contributed by atoms with E-state index in [2.05, 4.69) is 21.2 Å². The minimum Gasteiger partial charge on any atom is -0.399 e. The van der Waals surface area contributed by atoms with Crippen molar-refractivity contribution in [2.75, 3.05) is 16.8 Å². The van der Waals surface area contributed by atoms with Crippen LogP contribution in [0, 0.1) is 11.6 Å². The average Bonchev–Trinajstić information content (AvgIpc) is 2.41. The number of nitrogens with one attached hydrogen (secondary N) is 1. The van der Waals surface area contributed by atoms with Crippen LogP contribution in [0.1, 0.15) is 0 Å². The first-order chi connectivity index (χ1) is 9.95. The fourth-order valence-corrected chi connectivity index (χ4v) is 2.61. The lowest BCUT2D eigenvalue weighted by Gasteiger charge is -2.07. The minimum atomic E-state index is -0.540. The second kappa shape index (κ2) is 6.91. The number of nitrogens with two attached hydrogens (primary N) is 1. The maximum Gasteiger partial charge on any atom is 0.234 e. The number of benzene rings is 2. The first-order valence-electron chi connectivity index (χ1n) is 5.88. The van der Waals surface area contributed by atoms with Gasteiger partial charge in [0.25, 0.3) is 0 Å². The summed E-state index contributed by atoms with van der Waals surface area (Å²) in [5.41, 5.74) is 5.84. The van der Waals surface area contributed by atoms with Crippen molar-refractivity contribution < 1.29 is 13.6 Å². The number of rotatable bonds is 4. The van der Waals surface area contributed by atoms with E-state index in [0.717, 1.165) is 11.8 Å². The molecule has 3 nitrogen and oxygen atoms in total. The summed E-state index contributed by atoms with van der Waals surface area (Å²) >= 11 is 4.15. The highest BCUT2D eigenvalue weighted by Gasteiger charge is 2.10. The summed E-state index contributed by atoms with van der Waals surface area (Å²) in [6.45, 7) is 0. The third kappa shape index (κ3) is 4.44. The highest BCUT2D eigenvalue weighted by atomic mass is 79.9. The molecule has 0 fully saturated rings. The van der Waals surface area contributed by atoms with Crippen LogP contribution in [0.15, 0.2) is 45.8 Å². The summed E-state index contributed by atoms with van der Waals surface area (Å²) in [5, 5.41) is 2.44. The number of anilines is 2. The van der Waals surface area contributed by atoms with Crippen molar-refractivity contribution >= 4 is 45.0 Å². The molecule has 2 aromatic rings. The van der Waals surface area contributed by atoms with Gasteiger partial charge in [-0.15, -0.1) is 11.8 Å². The van der Waals surface area contributed by atoms with Crippen molar-refractivity contribution in [3.8, 4) is 0 Å². The van der Waals surface area contributed by atoms with Crippen LogP contribution in [-0.2, 0) is 4.79 Å². The van der Waals surface area contributed by atoms with E-state index in [1.54, 1.807) is 12.1 Å². The summed E-state index contributed by atoms with van der Waals surface area (Å²) in [6.07, 6.45) is 0. The van der Waals surface area contributed by atoms with Crippen molar-refractivity contribution in [2.24, 2.45) is 0 Å². The normalized spacial score (nSPS) is 10.4. The van der Waals surface area contributed by atoms with Crippen LogP contribution in [0.25, 0.3) is 0 Å². The van der Waals surface area contributed by atoms with Crippen molar-refractivity contribution in [3.05, 3.63) is 52.5 Å². The molecule has 21 heavy (non-hydrogen) atoms. The van der Waals surface area contributed by atoms with Crippen LogP contribution in [0.2, 0.25) is 0 Å². The van der Waals surface area contributed by atoms with Gasteiger partial charge in [0.05, 0.1) is 11.4 Å². The van der Waals surface area contributed by atoms with E-state index in [-0.39, 0.29) is 11.4 Å². The molecule has 0 heterocycles. The third-order valence-electron chi connectivity index (χ3n) is 2.52. The number of amides is 1. The Morgan fingerprint density at radius 2 is 1.95 bits per heavy atom. The average molecular weight is 373 g/mol. The maximum atomic E-state index is 13.6. The molecule has 0 bridgehead atoms. The third-order valence-corrected chi connectivity index (χ3v) is 4.06. The fraction of sp³-hybridized carbons (Fsp3) is 0.0714. The van der Waals surface area contributed by atoms with Gasteiger partial charge in [-0.2, -0.15) is 0 Å². The molecule has 0 aliphatic rings. The van der Waals surface area contributed by atoms with Gasteiger partial charge < -0.3 is 11.1 Å². The Bertz CT molecular complexity index is 682. The Hall–Kier alpha value is -1.60. The standard InChI is InChI=1S/C14H11BrF2N2OS/c15-8-1-3-12(10(16)5-8)19-14(20)7-21-13-4-2-9(18)6-11(13)17/h1-6H,7,18H2,(H,19,20). The molecule has 2 aromatic carbocycles. The molecule has 1 amide bonds. The van der Waals surface area contributed by atoms with Gasteiger partial charge in [0.2, 0.25) is 5.91 Å². The largest absolute Gasteiger partial charge is 0.399 e. The second-order valence-corrected chi connectivity index (χ2v) is 6.08. The smallest absolute Gasteiger partial charge is 0.234 e. The molecule has 0 atom stereocenters. The molecular formula is C14H11BrF2N2OS. The number of hydrogen-bond acceptors (Lipinski definition) is 3. The van der Waals surface area contributed by atoms with E-state index in [1.165, 1.54) is 24.3 Å². The Labute approximate surface area is 133 Å². The molecule has 2 rings (SSSR count). The number of halogens is 3. The molecule has 0 saturated heterocycles. The quantitative estimate of drug-likeness (QED) is 0.628. The Morgan fingerprint density at radius 1 is 1.19 bits per heavy atom. The van der Waals surface area contributed by atoms with Gasteiger partial charge >= 0.3 is 0 Å². The van der Waals surface area contributed by atoms with Gasteiger partial charge in [-0.1, -0.05) is 15.9 Å². The van der Waals surface area contributed by atoms with E-state index in [0.29, 0.717) is 15.1 Å². The molecule has 3 N–H and O–H groups in total. The lowest BCUT2D eigenvalue weighted by atomic mass is 10.3. The van der Waals surface area contributed by atoms with E-state index >= 15 is 0 Å². The Morgan fingerprint density at radius 3 is 2.62 bits per heavy atom. The van der Waals surface area contributed by atoms with Crippen molar-refractivity contribution in [1.82, 2.24) is 0 Å². The van der Waals surface area contributed by atoms with Gasteiger partial charge in [0.15, 0.2) is 0 Å². The van der Waals surface area contributed by atoms with Crippen LogP contribution >= 0.6 is 27.7 Å². The van der Waals surface area contributed by atoms with E-state index in [9.17, 15) is 13.6 Å². The summed E-state index contributed by atoms with van der Waals surface area (Å²) in [5.74, 6) is -1.47. The Balaban J connectivity index is 1.96. The minimum absolute atomic E-state index is 0.0314. The van der Waals surface area contributed by atoms with Gasteiger partial charge in [0.1, 0.15) is 11.6 Å². The number of nitrogen functional groups attached to an aromatic ring is 1. The van der Waals surface area contributed by atoms with Gasteiger partial charge in [-0.05, 0) is 36.4 Å². The van der Waals surface area contributed by atoms with Crippen molar-refractivity contribution in [1.29, 1.82) is 0 Å². The zero-order valence-corrected chi connectivity index (χ0v) is 13.1. The molecule has 0 spiro atoms. The number of carbonyl (C=O) groups is 1. The second-order valence-electron chi connectivity index (χ2n) is 4.15. The Kier molecular flexibility index (Phi) is 5.19. The molecule has 0 aliphatic heterocycles. The van der Waals surface area contributed by atoms with Crippen LogP contribution in [0.3, 0.4) is 0 Å². The van der Waals surface area contributed by atoms with Gasteiger partial charge in [0, 0.05) is 15.1 Å². The molecular weight excluding hydrogens is 362 g/mol. The van der Waals surface area contributed by atoms with Crippen molar-refractivity contribution in [2.45, 2.75) is 4.90 Å². The molecule has 110 valence electrons. The highest BCUT2D eigenvalue weighted by Crippen LogP contribution is 2.24. The van der Waals surface area contributed by atoms with Gasteiger partial charge in [-0.3, -0.25) is 4.79 Å². The highest BCUT2D eigenvalue weighted by molar-refractivity contribution is 9.10. The van der Waals surface area contributed by atoms with Crippen LogP contribution in [0.5, 0.6) is 0 Å². The van der Waals surface area contributed by atoms with Crippen molar-refractivity contribution in [3.63, 3.8) is 0 Å². The van der Waals surface area contributed by atoms with Crippen LogP contribution in [-0.4, -0.2) is 11.7 Å². The monoisotopic (exact) mass is 372 g/mol. The summed E-state index contributed by atoms with van der Waals surface area (Å²) in [7, 11) is 0. The number of thioether (sulfide) groups is 1. The summed E-state index contributed by atoms with van der Waals surface area (Å²) in [4.78, 5) is 12.1. The first kappa shape index (κ1) is 15.8. The van der Waals surface area contributed by atoms with E-state index < -0.39 is 17.5 Å². The summed E-state index contributed by atoms with van der Waals surface area (Å²) < 4.78 is 27.7. The molecule has 0 saturated carbocycles. The predicted octanol–water partition coefficient (Wildman–Crippen LogP) is 4.04. The molecule has 7 heteroatoms. The topological polar surface area (TPSA) is 55.1 Å². The number of hydrogen-bond donors (Lipinski definition) is 2. The van der Waals surface area contributed by atoms with Gasteiger partial charge in [-0.25, -0.2) is 8.78 Å². The molecule has 0 unspecified atom stereocenters. The SMILES string of the molecule is Nc1ccc(SCC(=O)Nc2ccc(Br)cc2F)c(F)c1. The van der Waals surface area contributed by atoms with Crippen LogP contribution in [0.4, 0.5) is 20.2 Å². The predicted molar refractivity (Wildman–Crippen MR) is 84.3 cm³/mol.